The number of likely N-dealkylation sites (tertiary alicyclic amines) is 1. The van der Waals surface area contributed by atoms with Gasteiger partial charge in [0.1, 0.15) is 17.2 Å². The standard InChI is InChI=1S/C14H20N2O4S/c1-3-19-13(18)11-9(2)14(21-12(11)15)20-8-7-16-6-4-5-10(16)17/h3-8,15H2,1-2H3. The SMILES string of the molecule is CCOC(=O)c1c(N)sc(OCCN2CCCC2=O)c1C. The van der Waals surface area contributed by atoms with Crippen molar-refractivity contribution in [2.45, 2.75) is 26.7 Å². The van der Waals surface area contributed by atoms with Crippen LogP contribution in [-0.4, -0.2) is 43.1 Å². The van der Waals surface area contributed by atoms with Crippen molar-refractivity contribution < 1.29 is 19.1 Å². The molecule has 1 aromatic heterocycles. The smallest absolute Gasteiger partial charge is 0.341 e. The molecule has 116 valence electrons. The number of carbonyl (C=O) groups is 2. The van der Waals surface area contributed by atoms with Crippen molar-refractivity contribution in [1.29, 1.82) is 0 Å². The molecule has 0 saturated carbocycles. The topological polar surface area (TPSA) is 81.9 Å². The molecule has 0 aliphatic carbocycles. The van der Waals surface area contributed by atoms with Crippen LogP contribution in [0, 0.1) is 6.92 Å². The highest BCUT2D eigenvalue weighted by atomic mass is 32.1. The number of anilines is 1. The molecule has 0 unspecified atom stereocenters. The number of hydrogen-bond acceptors (Lipinski definition) is 6. The van der Waals surface area contributed by atoms with Gasteiger partial charge >= 0.3 is 5.97 Å². The van der Waals surface area contributed by atoms with Crippen LogP contribution < -0.4 is 10.5 Å². The lowest BCUT2D eigenvalue weighted by Crippen LogP contribution is -2.29. The number of nitrogens with two attached hydrogens (primary N) is 1. The van der Waals surface area contributed by atoms with E-state index < -0.39 is 5.97 Å². The fraction of sp³-hybridized carbons (Fsp3) is 0.571. The molecule has 7 heteroatoms. The largest absolute Gasteiger partial charge is 0.482 e. The van der Waals surface area contributed by atoms with Crippen LogP contribution >= 0.6 is 11.3 Å². The average molecular weight is 312 g/mol. The first-order chi connectivity index (χ1) is 10.0. The van der Waals surface area contributed by atoms with Crippen LogP contribution in [0.4, 0.5) is 5.00 Å². The van der Waals surface area contributed by atoms with Gasteiger partial charge in [-0.3, -0.25) is 4.79 Å². The van der Waals surface area contributed by atoms with Gasteiger partial charge in [0, 0.05) is 18.5 Å². The molecule has 1 aliphatic rings. The summed E-state index contributed by atoms with van der Waals surface area (Å²) in [6.07, 6.45) is 1.54. The van der Waals surface area contributed by atoms with Gasteiger partial charge in [0.15, 0.2) is 5.06 Å². The monoisotopic (exact) mass is 312 g/mol. The van der Waals surface area contributed by atoms with Crippen LogP contribution in [0.25, 0.3) is 0 Å². The Morgan fingerprint density at radius 2 is 2.24 bits per heavy atom. The third-order valence-corrected chi connectivity index (χ3v) is 4.41. The van der Waals surface area contributed by atoms with E-state index in [1.807, 2.05) is 0 Å². The Kier molecular flexibility index (Phi) is 5.06. The minimum atomic E-state index is -0.423. The minimum Gasteiger partial charge on any atom is -0.482 e. The first-order valence-corrected chi connectivity index (χ1v) is 7.82. The molecule has 2 heterocycles. The summed E-state index contributed by atoms with van der Waals surface area (Å²) in [6, 6.07) is 0. The number of hydrogen-bond donors (Lipinski definition) is 1. The van der Waals surface area contributed by atoms with Crippen molar-refractivity contribution >= 4 is 28.2 Å². The van der Waals surface area contributed by atoms with Crippen molar-refractivity contribution in [1.82, 2.24) is 4.90 Å². The lowest BCUT2D eigenvalue weighted by atomic mass is 10.2. The third-order valence-electron chi connectivity index (χ3n) is 3.38. The van der Waals surface area contributed by atoms with E-state index in [1.54, 1.807) is 18.7 Å². The van der Waals surface area contributed by atoms with Crippen molar-refractivity contribution in [3.63, 3.8) is 0 Å². The Morgan fingerprint density at radius 1 is 1.48 bits per heavy atom. The zero-order chi connectivity index (χ0) is 15.4. The Bertz CT molecular complexity index is 541. The molecule has 1 saturated heterocycles. The number of carbonyl (C=O) groups excluding carboxylic acids is 2. The molecule has 2 N–H and O–H groups in total. The second-order valence-electron chi connectivity index (χ2n) is 4.81. The van der Waals surface area contributed by atoms with Crippen molar-refractivity contribution in [3.05, 3.63) is 11.1 Å². The summed E-state index contributed by atoms with van der Waals surface area (Å²) in [6.45, 7) is 5.60. The molecular weight excluding hydrogens is 292 g/mol. The van der Waals surface area contributed by atoms with Gasteiger partial charge in [0.2, 0.25) is 5.91 Å². The minimum absolute atomic E-state index is 0.174. The highest BCUT2D eigenvalue weighted by molar-refractivity contribution is 7.18. The second kappa shape index (κ2) is 6.80. The first kappa shape index (κ1) is 15.6. The van der Waals surface area contributed by atoms with E-state index in [1.165, 1.54) is 11.3 Å². The van der Waals surface area contributed by atoms with Crippen molar-refractivity contribution in [3.8, 4) is 5.06 Å². The lowest BCUT2D eigenvalue weighted by molar-refractivity contribution is -0.128. The van der Waals surface area contributed by atoms with Gasteiger partial charge in [-0.25, -0.2) is 4.79 Å². The van der Waals surface area contributed by atoms with E-state index in [0.29, 0.717) is 47.4 Å². The summed E-state index contributed by atoms with van der Waals surface area (Å²) in [4.78, 5) is 25.1. The van der Waals surface area contributed by atoms with Crippen molar-refractivity contribution in [2.24, 2.45) is 0 Å². The van der Waals surface area contributed by atoms with E-state index in [0.717, 1.165) is 13.0 Å². The molecule has 0 atom stereocenters. The Balaban J connectivity index is 1.96. The summed E-state index contributed by atoms with van der Waals surface area (Å²) < 4.78 is 10.7. The maximum absolute atomic E-state index is 11.8. The molecule has 1 aromatic rings. The van der Waals surface area contributed by atoms with E-state index in [9.17, 15) is 9.59 Å². The van der Waals surface area contributed by atoms with Gasteiger partial charge in [-0.05, 0) is 20.3 Å². The fourth-order valence-corrected chi connectivity index (χ4v) is 3.23. The molecule has 21 heavy (non-hydrogen) atoms. The molecule has 0 radical (unpaired) electrons. The summed E-state index contributed by atoms with van der Waals surface area (Å²) in [7, 11) is 0. The van der Waals surface area contributed by atoms with Gasteiger partial charge in [0.05, 0.1) is 13.2 Å². The van der Waals surface area contributed by atoms with Gasteiger partial charge in [-0.2, -0.15) is 0 Å². The highest BCUT2D eigenvalue weighted by Crippen LogP contribution is 2.37. The average Bonchev–Trinajstić information content (AvgIpc) is 2.95. The summed E-state index contributed by atoms with van der Waals surface area (Å²) >= 11 is 1.23. The summed E-state index contributed by atoms with van der Waals surface area (Å²) in [5, 5.41) is 1.01. The summed E-state index contributed by atoms with van der Waals surface area (Å²) in [5.74, 6) is -0.249. The van der Waals surface area contributed by atoms with Crippen LogP contribution in [-0.2, 0) is 9.53 Å². The molecule has 1 fully saturated rings. The van der Waals surface area contributed by atoms with Crippen LogP contribution in [0.2, 0.25) is 0 Å². The molecule has 2 rings (SSSR count). The van der Waals surface area contributed by atoms with Gasteiger partial charge < -0.3 is 20.1 Å². The highest BCUT2D eigenvalue weighted by Gasteiger charge is 2.23. The lowest BCUT2D eigenvalue weighted by Gasteiger charge is -2.15. The summed E-state index contributed by atoms with van der Waals surface area (Å²) in [5.41, 5.74) is 6.94. The molecule has 6 nitrogen and oxygen atoms in total. The molecule has 1 amide bonds. The Morgan fingerprint density at radius 3 is 2.86 bits per heavy atom. The van der Waals surface area contributed by atoms with E-state index in [4.69, 9.17) is 15.2 Å². The first-order valence-electron chi connectivity index (χ1n) is 7.01. The third kappa shape index (κ3) is 3.47. The number of esters is 1. The number of thiophene rings is 1. The number of ether oxygens (including phenoxy) is 2. The molecule has 0 bridgehead atoms. The van der Waals surface area contributed by atoms with E-state index >= 15 is 0 Å². The van der Waals surface area contributed by atoms with E-state index in [2.05, 4.69) is 0 Å². The number of amides is 1. The maximum Gasteiger partial charge on any atom is 0.341 e. The van der Waals surface area contributed by atoms with Crippen molar-refractivity contribution in [2.75, 3.05) is 32.0 Å². The van der Waals surface area contributed by atoms with Crippen LogP contribution in [0.3, 0.4) is 0 Å². The predicted molar refractivity (Wildman–Crippen MR) is 80.7 cm³/mol. The predicted octanol–water partition coefficient (Wildman–Crippen LogP) is 1.82. The maximum atomic E-state index is 11.8. The normalized spacial score (nSPS) is 14.6. The number of nitrogen functional groups attached to an aromatic ring is 1. The number of rotatable bonds is 6. The zero-order valence-electron chi connectivity index (χ0n) is 12.3. The van der Waals surface area contributed by atoms with Gasteiger partial charge in [-0.15, -0.1) is 0 Å². The Labute approximate surface area is 127 Å². The molecular formula is C14H20N2O4S. The van der Waals surface area contributed by atoms with Crippen LogP contribution in [0.1, 0.15) is 35.7 Å². The zero-order valence-corrected chi connectivity index (χ0v) is 13.1. The van der Waals surface area contributed by atoms with E-state index in [-0.39, 0.29) is 5.91 Å². The van der Waals surface area contributed by atoms with Gasteiger partial charge in [0.25, 0.3) is 0 Å². The molecule has 0 spiro atoms. The van der Waals surface area contributed by atoms with Crippen LogP contribution in [0.15, 0.2) is 0 Å². The van der Waals surface area contributed by atoms with Crippen LogP contribution in [0.5, 0.6) is 5.06 Å². The number of nitrogens with zero attached hydrogens (tertiary/aromatic N) is 1. The van der Waals surface area contributed by atoms with Gasteiger partial charge in [-0.1, -0.05) is 11.3 Å². The fourth-order valence-electron chi connectivity index (χ4n) is 2.30. The second-order valence-corrected chi connectivity index (χ2v) is 5.82. The molecule has 0 aromatic carbocycles. The Hall–Kier alpha value is -1.76. The molecule has 1 aliphatic heterocycles. The quantitative estimate of drug-likeness (QED) is 0.810.